The van der Waals surface area contributed by atoms with Crippen molar-refractivity contribution >= 4 is 0 Å². The van der Waals surface area contributed by atoms with E-state index in [0.717, 1.165) is 0 Å². The molecule has 1 aliphatic rings. The largest absolute Gasteiger partial charge is 0.390 e. The van der Waals surface area contributed by atoms with Crippen LogP contribution in [0.4, 0.5) is 0 Å². The molecule has 7 heteroatoms. The summed E-state index contributed by atoms with van der Waals surface area (Å²) in [5.41, 5.74) is -0.716. The maximum Gasteiger partial charge on any atom is 0.330 e. The highest BCUT2D eigenvalue weighted by Crippen LogP contribution is 2.27. The smallest absolute Gasteiger partial charge is 0.330 e. The number of rotatable bonds is 4. The van der Waals surface area contributed by atoms with E-state index in [2.05, 4.69) is 10.1 Å². The normalized spacial score (nSPS) is 31.6. The summed E-state index contributed by atoms with van der Waals surface area (Å²) in [6.07, 6.45) is -0.401. The van der Waals surface area contributed by atoms with E-state index in [-0.39, 0.29) is 13.0 Å². The van der Waals surface area contributed by atoms with Gasteiger partial charge in [0.15, 0.2) is 0 Å². The molecule has 0 amide bonds. The number of hydrogen-bond acceptors (Lipinski definition) is 5. The Labute approximate surface area is 107 Å². The molecule has 0 bridgehead atoms. The number of nitrogens with one attached hydrogen (secondary N) is 1. The van der Waals surface area contributed by atoms with Crippen LogP contribution in [-0.4, -0.2) is 42.0 Å². The molecule has 0 radical (unpaired) electrons. The topological polar surface area (TPSA) is 93.5 Å². The highest BCUT2D eigenvalue weighted by molar-refractivity contribution is 5.02. The van der Waals surface area contributed by atoms with Gasteiger partial charge in [0.05, 0.1) is 15.5 Å². The predicted molar refractivity (Wildman–Crippen MR) is 62.5 cm³/mol. The van der Waals surface area contributed by atoms with Gasteiger partial charge in [-0.25, -0.2) is 4.79 Å². The first-order valence-electron chi connectivity index (χ1n) is 7.04. The fourth-order valence-corrected chi connectivity index (χ4v) is 1.92. The number of aliphatic hydroxyl groups excluding tert-OH is 1. The van der Waals surface area contributed by atoms with Crippen LogP contribution in [0.25, 0.3) is 0 Å². The van der Waals surface area contributed by atoms with Gasteiger partial charge in [-0.15, -0.1) is 0 Å². The molecule has 100 valence electrons. The lowest BCUT2D eigenvalue weighted by atomic mass is 10.2. The molecule has 1 saturated heterocycles. The van der Waals surface area contributed by atoms with Crippen LogP contribution in [-0.2, 0) is 9.47 Å². The number of aliphatic hydroxyl groups is 1. The standard InChI is InChI=1S/C11H16N2O5/c1-6-4-13(11(16)12-10(6)15)9-3-7(14)8(18-9)5-17-2/h4,7-9,14H,3,5H2,1-2H3,(H,12,15,16)/i2TD,14T. The summed E-state index contributed by atoms with van der Waals surface area (Å²) >= 11 is 0. The maximum absolute atomic E-state index is 11.8. The Morgan fingerprint density at radius 3 is 3.44 bits per heavy atom. The SMILES string of the molecule is [2H]C([3H])OCC1OC(n2cc(C)c(=O)[nH]c2=O)CC1O[3H]. The van der Waals surface area contributed by atoms with Crippen molar-refractivity contribution in [3.05, 3.63) is 32.6 Å². The van der Waals surface area contributed by atoms with Crippen molar-refractivity contribution in [1.29, 1.82) is 1.43 Å². The number of nitrogens with zero attached hydrogens (tertiary/aromatic N) is 1. The van der Waals surface area contributed by atoms with Crippen molar-refractivity contribution in [2.24, 2.45) is 0 Å². The first-order valence-corrected chi connectivity index (χ1v) is 5.48. The first-order chi connectivity index (χ1) is 9.92. The number of aryl methyl sites for hydroxylation is 1. The van der Waals surface area contributed by atoms with Crippen LogP contribution in [0.1, 0.15) is 21.0 Å². The highest BCUT2D eigenvalue weighted by atomic mass is 16.6. The van der Waals surface area contributed by atoms with Crippen molar-refractivity contribution < 1.29 is 17.3 Å². The van der Waals surface area contributed by atoms with Crippen LogP contribution in [0, 0.1) is 6.92 Å². The second kappa shape index (κ2) is 5.05. The van der Waals surface area contributed by atoms with Gasteiger partial charge in [-0.05, 0) is 6.92 Å². The van der Waals surface area contributed by atoms with Gasteiger partial charge in [-0.3, -0.25) is 14.3 Å². The quantitative estimate of drug-likeness (QED) is 0.735. The van der Waals surface area contributed by atoms with Crippen LogP contribution in [0.5, 0.6) is 0 Å². The van der Waals surface area contributed by atoms with Gasteiger partial charge in [-0.1, -0.05) is 0 Å². The van der Waals surface area contributed by atoms with Crippen molar-refractivity contribution in [3.8, 4) is 0 Å². The first kappa shape index (κ1) is 9.48. The summed E-state index contributed by atoms with van der Waals surface area (Å²) in [6, 6.07) is 0. The molecule has 0 aliphatic carbocycles. The molecule has 0 saturated carbocycles. The van der Waals surface area contributed by atoms with E-state index in [0.29, 0.717) is 5.56 Å². The summed E-state index contributed by atoms with van der Waals surface area (Å²) in [5.74, 6) is 0. The molecule has 1 fully saturated rings. The number of aromatic amines is 1. The molecular weight excluding hydrogens is 240 g/mol. The van der Waals surface area contributed by atoms with Crippen LogP contribution in [0.2, 0.25) is 0 Å². The summed E-state index contributed by atoms with van der Waals surface area (Å²) in [5, 5.41) is 4.54. The van der Waals surface area contributed by atoms with Gasteiger partial charge >= 0.3 is 5.69 Å². The van der Waals surface area contributed by atoms with E-state index in [1.165, 1.54) is 10.8 Å². The molecule has 7 nitrogen and oxygen atoms in total. The van der Waals surface area contributed by atoms with Crippen LogP contribution in [0.15, 0.2) is 15.8 Å². The number of H-pyrrole nitrogens is 1. The molecule has 1 aromatic heterocycles. The van der Waals surface area contributed by atoms with E-state index in [9.17, 15) is 9.59 Å². The zero-order valence-corrected chi connectivity index (χ0v) is 9.79. The van der Waals surface area contributed by atoms with Crippen molar-refractivity contribution in [2.45, 2.75) is 31.8 Å². The second-order valence-corrected chi connectivity index (χ2v) is 4.22. The third kappa shape index (κ3) is 2.38. The zero-order chi connectivity index (χ0) is 15.6. The molecule has 1 aromatic rings. The molecule has 18 heavy (non-hydrogen) atoms. The number of methoxy groups -OCH3 is 1. The Kier molecular flexibility index (Phi) is 2.66. The second-order valence-electron chi connectivity index (χ2n) is 4.22. The molecule has 2 N–H and O–H groups in total. The molecular formula is C11H16N2O5. The average Bonchev–Trinajstić information content (AvgIpc) is 2.83. The van der Waals surface area contributed by atoms with Crippen molar-refractivity contribution in [2.75, 3.05) is 13.7 Å². The Morgan fingerprint density at radius 1 is 1.89 bits per heavy atom. The highest BCUT2D eigenvalue weighted by Gasteiger charge is 2.35. The van der Waals surface area contributed by atoms with Crippen molar-refractivity contribution in [1.82, 2.24) is 9.55 Å². The van der Waals surface area contributed by atoms with Crippen LogP contribution >= 0.6 is 0 Å². The monoisotopic (exact) mass is 261 g/mol. The Bertz CT molecular complexity index is 602. The number of hydrogen-bond donors (Lipinski definition) is 2. The fourth-order valence-electron chi connectivity index (χ4n) is 1.92. The van der Waals surface area contributed by atoms with Crippen LogP contribution < -0.4 is 11.2 Å². The summed E-state index contributed by atoms with van der Waals surface area (Å²) in [7, 11) is -1.46. The number of aromatic nitrogens is 2. The Hall–Kier alpha value is -1.44. The minimum absolute atomic E-state index is 0.0885. The van der Waals surface area contributed by atoms with Crippen molar-refractivity contribution in [3.63, 3.8) is 0 Å². The molecule has 2 rings (SSSR count). The molecule has 1 aliphatic heterocycles. The third-order valence-electron chi connectivity index (χ3n) is 2.90. The van der Waals surface area contributed by atoms with Gasteiger partial charge in [0.25, 0.3) is 5.56 Å². The lowest BCUT2D eigenvalue weighted by molar-refractivity contribution is -0.0547. The van der Waals surface area contributed by atoms with E-state index in [4.69, 9.17) is 13.6 Å². The molecule has 4 atom stereocenters. The van der Waals surface area contributed by atoms with E-state index in [1.54, 1.807) is 6.92 Å². The van der Waals surface area contributed by atoms with Gasteiger partial charge in [0, 0.05) is 25.2 Å². The lowest BCUT2D eigenvalue weighted by Gasteiger charge is -2.15. The molecule has 2 heterocycles. The minimum Gasteiger partial charge on any atom is -0.390 e. The Balaban J connectivity index is 2.17. The van der Waals surface area contributed by atoms with E-state index >= 15 is 0 Å². The van der Waals surface area contributed by atoms with Crippen LogP contribution in [0.3, 0.4) is 0 Å². The summed E-state index contributed by atoms with van der Waals surface area (Å²) in [4.78, 5) is 25.3. The van der Waals surface area contributed by atoms with Gasteiger partial charge < -0.3 is 14.6 Å². The summed E-state index contributed by atoms with van der Waals surface area (Å²) in [6.45, 7) is 1.47. The third-order valence-corrected chi connectivity index (χ3v) is 2.90. The fraction of sp³-hybridized carbons (Fsp3) is 0.636. The Morgan fingerprint density at radius 2 is 2.72 bits per heavy atom. The maximum atomic E-state index is 11.8. The van der Waals surface area contributed by atoms with Gasteiger partial charge in [0.1, 0.15) is 12.3 Å². The van der Waals surface area contributed by atoms with E-state index < -0.39 is 36.7 Å². The van der Waals surface area contributed by atoms with E-state index in [1.807, 2.05) is 0 Å². The molecule has 0 spiro atoms. The van der Waals surface area contributed by atoms with Gasteiger partial charge in [-0.2, -0.15) is 0 Å². The lowest BCUT2D eigenvalue weighted by Crippen LogP contribution is -2.33. The molecule has 4 unspecified atom stereocenters. The zero-order valence-electron chi connectivity index (χ0n) is 12.8. The average molecular weight is 261 g/mol. The minimum atomic E-state index is -1.46. The van der Waals surface area contributed by atoms with Gasteiger partial charge in [0.2, 0.25) is 1.43 Å². The predicted octanol–water partition coefficient (Wildman–Crippen LogP) is -0.860. The number of ether oxygens (including phenoxy) is 2. The molecule has 0 aromatic carbocycles. The summed E-state index contributed by atoms with van der Waals surface area (Å²) < 4.78 is 32.6.